The summed E-state index contributed by atoms with van der Waals surface area (Å²) >= 11 is 1.31. The van der Waals surface area contributed by atoms with Crippen molar-refractivity contribution < 1.29 is 9.53 Å². The molecule has 0 saturated carbocycles. The van der Waals surface area contributed by atoms with Crippen molar-refractivity contribution in [1.29, 1.82) is 0 Å². The molecule has 0 fully saturated rings. The summed E-state index contributed by atoms with van der Waals surface area (Å²) in [5, 5.41) is 0.735. The second kappa shape index (κ2) is 4.85. The number of hydrogen-bond donors (Lipinski definition) is 1. The molecule has 5 heteroatoms. The molecule has 14 heavy (non-hydrogen) atoms. The lowest BCUT2D eigenvalue weighted by Gasteiger charge is -2.02. The first-order valence-corrected chi connectivity index (χ1v) is 5.03. The minimum Gasteiger partial charge on any atom is -0.468 e. The molecule has 0 saturated heterocycles. The van der Waals surface area contributed by atoms with Crippen LogP contribution in [0.1, 0.15) is 5.56 Å². The number of ether oxygens (including phenoxy) is 1. The first-order chi connectivity index (χ1) is 6.63. The highest BCUT2D eigenvalue weighted by atomic mass is 32.2. The Morgan fingerprint density at radius 1 is 1.71 bits per heavy atom. The minimum absolute atomic E-state index is 0.256. The monoisotopic (exact) mass is 212 g/mol. The first kappa shape index (κ1) is 10.8. The van der Waals surface area contributed by atoms with Crippen LogP contribution in [-0.2, 0) is 9.53 Å². The Balaban J connectivity index is 2.60. The van der Waals surface area contributed by atoms with Gasteiger partial charge in [-0.25, -0.2) is 4.98 Å². The molecule has 0 unspecified atom stereocenters. The highest BCUT2D eigenvalue weighted by molar-refractivity contribution is 7.99. The number of nitrogen functional groups attached to an aromatic ring is 1. The summed E-state index contributed by atoms with van der Waals surface area (Å²) in [4.78, 5) is 15.0. The van der Waals surface area contributed by atoms with Crippen LogP contribution in [-0.4, -0.2) is 23.8 Å². The van der Waals surface area contributed by atoms with Gasteiger partial charge in [0.05, 0.1) is 17.9 Å². The Kier molecular flexibility index (Phi) is 3.76. The number of esters is 1. The molecular weight excluding hydrogens is 200 g/mol. The third-order valence-electron chi connectivity index (χ3n) is 1.69. The number of thioether (sulfide) groups is 1. The van der Waals surface area contributed by atoms with Gasteiger partial charge in [-0.2, -0.15) is 0 Å². The average molecular weight is 212 g/mol. The van der Waals surface area contributed by atoms with Crippen molar-refractivity contribution in [3.63, 3.8) is 0 Å². The van der Waals surface area contributed by atoms with Gasteiger partial charge in [-0.15, -0.1) is 0 Å². The van der Waals surface area contributed by atoms with Gasteiger partial charge in [-0.3, -0.25) is 4.79 Å². The Bertz CT molecular complexity index is 342. The van der Waals surface area contributed by atoms with Crippen LogP contribution in [0.5, 0.6) is 0 Å². The molecule has 1 rings (SSSR count). The fourth-order valence-electron chi connectivity index (χ4n) is 0.790. The van der Waals surface area contributed by atoms with Gasteiger partial charge in [0.15, 0.2) is 0 Å². The van der Waals surface area contributed by atoms with Crippen molar-refractivity contribution in [3.05, 3.63) is 17.8 Å². The second-order valence-electron chi connectivity index (χ2n) is 2.74. The van der Waals surface area contributed by atoms with E-state index in [-0.39, 0.29) is 11.7 Å². The van der Waals surface area contributed by atoms with E-state index in [2.05, 4.69) is 9.72 Å². The van der Waals surface area contributed by atoms with Crippen LogP contribution >= 0.6 is 11.8 Å². The molecular formula is C9H12N2O2S. The van der Waals surface area contributed by atoms with E-state index in [9.17, 15) is 4.79 Å². The lowest BCUT2D eigenvalue weighted by atomic mass is 10.3. The van der Waals surface area contributed by atoms with Crippen molar-refractivity contribution >= 4 is 23.4 Å². The van der Waals surface area contributed by atoms with Gasteiger partial charge < -0.3 is 10.5 Å². The number of anilines is 1. The molecule has 1 heterocycles. The number of hydrogen-bond acceptors (Lipinski definition) is 5. The topological polar surface area (TPSA) is 65.2 Å². The van der Waals surface area contributed by atoms with Crippen molar-refractivity contribution in [1.82, 2.24) is 4.98 Å². The number of nitrogens with two attached hydrogens (primary N) is 1. The fourth-order valence-corrected chi connectivity index (χ4v) is 1.51. The van der Waals surface area contributed by atoms with Crippen LogP contribution < -0.4 is 5.73 Å². The Labute approximate surface area is 86.8 Å². The molecule has 0 spiro atoms. The molecule has 0 bridgehead atoms. The van der Waals surface area contributed by atoms with Crippen LogP contribution in [0.3, 0.4) is 0 Å². The molecule has 4 nitrogen and oxygen atoms in total. The van der Waals surface area contributed by atoms with E-state index in [0.29, 0.717) is 5.69 Å². The SMILES string of the molecule is COC(=O)CSc1cc(N)c(C)cn1. The van der Waals surface area contributed by atoms with E-state index < -0.39 is 0 Å². The number of aryl methyl sites for hydroxylation is 1. The largest absolute Gasteiger partial charge is 0.468 e. The number of pyridine rings is 1. The predicted octanol–water partition coefficient (Wildman–Crippen LogP) is 1.24. The first-order valence-electron chi connectivity index (χ1n) is 4.05. The van der Waals surface area contributed by atoms with Gasteiger partial charge in [0.25, 0.3) is 0 Å². The van der Waals surface area contributed by atoms with Gasteiger partial charge in [0.1, 0.15) is 0 Å². The van der Waals surface area contributed by atoms with Crippen molar-refractivity contribution in [2.24, 2.45) is 0 Å². The normalized spacial score (nSPS) is 9.86. The molecule has 2 N–H and O–H groups in total. The van der Waals surface area contributed by atoms with Crippen LogP contribution in [0.15, 0.2) is 17.3 Å². The van der Waals surface area contributed by atoms with Gasteiger partial charge in [-0.05, 0) is 18.6 Å². The summed E-state index contributed by atoms with van der Waals surface area (Å²) in [6.45, 7) is 1.89. The van der Waals surface area contributed by atoms with Crippen molar-refractivity contribution in [3.8, 4) is 0 Å². The molecule has 0 aliphatic rings. The second-order valence-corrected chi connectivity index (χ2v) is 3.74. The van der Waals surface area contributed by atoms with Gasteiger partial charge >= 0.3 is 5.97 Å². The quantitative estimate of drug-likeness (QED) is 0.603. The fraction of sp³-hybridized carbons (Fsp3) is 0.333. The highest BCUT2D eigenvalue weighted by Gasteiger charge is 2.04. The summed E-state index contributed by atoms with van der Waals surface area (Å²) in [5.74, 6) is -0.0117. The smallest absolute Gasteiger partial charge is 0.316 e. The zero-order valence-corrected chi connectivity index (χ0v) is 8.93. The zero-order valence-electron chi connectivity index (χ0n) is 8.11. The summed E-state index contributed by atoms with van der Waals surface area (Å²) in [6.07, 6.45) is 1.69. The maximum absolute atomic E-state index is 10.8. The highest BCUT2D eigenvalue weighted by Crippen LogP contribution is 2.19. The van der Waals surface area contributed by atoms with E-state index in [4.69, 9.17) is 5.73 Å². The molecule has 0 aromatic carbocycles. The molecule has 0 amide bonds. The number of carbonyl (C=O) groups excluding carboxylic acids is 1. The van der Waals surface area contributed by atoms with E-state index in [0.717, 1.165) is 10.6 Å². The Morgan fingerprint density at radius 3 is 3.00 bits per heavy atom. The van der Waals surface area contributed by atoms with Crippen molar-refractivity contribution in [2.45, 2.75) is 11.9 Å². The third-order valence-corrected chi connectivity index (χ3v) is 2.58. The molecule has 0 atom stereocenters. The van der Waals surface area contributed by atoms with E-state index in [1.165, 1.54) is 18.9 Å². The number of methoxy groups -OCH3 is 1. The van der Waals surface area contributed by atoms with E-state index in [1.807, 2.05) is 6.92 Å². The maximum atomic E-state index is 10.8. The minimum atomic E-state index is -0.268. The van der Waals surface area contributed by atoms with Crippen LogP contribution in [0.4, 0.5) is 5.69 Å². The number of rotatable bonds is 3. The van der Waals surface area contributed by atoms with E-state index in [1.54, 1.807) is 12.3 Å². The number of aromatic nitrogens is 1. The summed E-state index contributed by atoms with van der Waals surface area (Å²) in [5.41, 5.74) is 7.31. The third kappa shape index (κ3) is 2.92. The Hall–Kier alpha value is -1.23. The lowest BCUT2D eigenvalue weighted by molar-refractivity contribution is -0.137. The van der Waals surface area contributed by atoms with Crippen LogP contribution in [0.25, 0.3) is 0 Å². The maximum Gasteiger partial charge on any atom is 0.316 e. The summed E-state index contributed by atoms with van der Waals surface area (Å²) in [7, 11) is 1.36. The van der Waals surface area contributed by atoms with Gasteiger partial charge in [0.2, 0.25) is 0 Å². The molecule has 0 radical (unpaired) electrons. The zero-order chi connectivity index (χ0) is 10.6. The average Bonchev–Trinajstić information content (AvgIpc) is 2.19. The summed E-state index contributed by atoms with van der Waals surface area (Å²) < 4.78 is 4.51. The number of nitrogens with zero attached hydrogens (tertiary/aromatic N) is 1. The molecule has 0 aliphatic carbocycles. The molecule has 76 valence electrons. The lowest BCUT2D eigenvalue weighted by Crippen LogP contribution is -2.03. The molecule has 1 aromatic rings. The van der Waals surface area contributed by atoms with Gasteiger partial charge in [0, 0.05) is 11.9 Å². The predicted molar refractivity (Wildman–Crippen MR) is 56.1 cm³/mol. The Morgan fingerprint density at radius 2 is 2.43 bits per heavy atom. The van der Waals surface area contributed by atoms with Crippen molar-refractivity contribution in [2.75, 3.05) is 18.6 Å². The summed E-state index contributed by atoms with van der Waals surface area (Å²) in [6, 6.07) is 1.75. The van der Waals surface area contributed by atoms with Crippen LogP contribution in [0.2, 0.25) is 0 Å². The standard InChI is InChI=1S/C9H12N2O2S/c1-6-4-11-8(3-7(6)10)14-5-9(12)13-2/h3-4H,5H2,1-2H3,(H2,10,11). The molecule has 0 aliphatic heterocycles. The van der Waals surface area contributed by atoms with Crippen LogP contribution in [0, 0.1) is 6.92 Å². The van der Waals surface area contributed by atoms with E-state index >= 15 is 0 Å². The number of carbonyl (C=O) groups is 1. The molecule has 1 aromatic heterocycles. The van der Waals surface area contributed by atoms with Gasteiger partial charge in [-0.1, -0.05) is 11.8 Å².